The van der Waals surface area contributed by atoms with E-state index < -0.39 is 0 Å². The van der Waals surface area contributed by atoms with Gasteiger partial charge in [0.1, 0.15) is 6.07 Å². The zero-order valence-electron chi connectivity index (χ0n) is 13.2. The molecule has 0 saturated carbocycles. The van der Waals surface area contributed by atoms with Crippen LogP contribution in [0.1, 0.15) is 35.8 Å². The molecule has 0 spiro atoms. The van der Waals surface area contributed by atoms with Crippen LogP contribution in [0.15, 0.2) is 36.7 Å². The summed E-state index contributed by atoms with van der Waals surface area (Å²) in [5.74, 6) is 0.892. The lowest BCUT2D eigenvalue weighted by Crippen LogP contribution is -2.28. The van der Waals surface area contributed by atoms with Crippen LogP contribution in [-0.4, -0.2) is 23.1 Å². The van der Waals surface area contributed by atoms with Gasteiger partial charge in [0.2, 0.25) is 0 Å². The second-order valence-corrected chi connectivity index (χ2v) is 5.85. The Morgan fingerprint density at radius 2 is 2.04 bits per heavy atom. The Hall–Kier alpha value is -2.45. The van der Waals surface area contributed by atoms with Crippen molar-refractivity contribution in [2.75, 3.05) is 18.5 Å². The Bertz CT molecular complexity index is 693. The SMILES string of the molecule is Cc1ccc([C@@H]2OCCC[C@@H]2CNc2nccnc2C#N)cc1. The minimum atomic E-state index is 0.0825. The number of hydrogen-bond acceptors (Lipinski definition) is 5. The van der Waals surface area contributed by atoms with E-state index in [4.69, 9.17) is 10.00 Å². The highest BCUT2D eigenvalue weighted by atomic mass is 16.5. The molecule has 2 heterocycles. The molecule has 1 aliphatic heterocycles. The fourth-order valence-corrected chi connectivity index (χ4v) is 2.95. The summed E-state index contributed by atoms with van der Waals surface area (Å²) in [5.41, 5.74) is 2.79. The molecule has 1 fully saturated rings. The van der Waals surface area contributed by atoms with E-state index in [0.717, 1.165) is 19.4 Å². The maximum Gasteiger partial charge on any atom is 0.182 e. The molecule has 23 heavy (non-hydrogen) atoms. The van der Waals surface area contributed by atoms with Crippen molar-refractivity contribution in [1.29, 1.82) is 5.26 Å². The average molecular weight is 308 g/mol. The predicted octanol–water partition coefficient (Wildman–Crippen LogP) is 3.24. The summed E-state index contributed by atoms with van der Waals surface area (Å²) in [5, 5.41) is 12.4. The molecule has 3 rings (SSSR count). The maximum absolute atomic E-state index is 9.09. The van der Waals surface area contributed by atoms with Crippen LogP contribution >= 0.6 is 0 Å². The van der Waals surface area contributed by atoms with E-state index in [-0.39, 0.29) is 6.10 Å². The highest BCUT2D eigenvalue weighted by Crippen LogP contribution is 2.33. The Balaban J connectivity index is 1.72. The Morgan fingerprint density at radius 3 is 2.83 bits per heavy atom. The van der Waals surface area contributed by atoms with Crippen molar-refractivity contribution in [1.82, 2.24) is 9.97 Å². The summed E-state index contributed by atoms with van der Waals surface area (Å²) >= 11 is 0. The second kappa shape index (κ2) is 7.21. The summed E-state index contributed by atoms with van der Waals surface area (Å²) in [7, 11) is 0. The van der Waals surface area contributed by atoms with Crippen molar-refractivity contribution in [2.45, 2.75) is 25.9 Å². The molecule has 0 radical (unpaired) electrons. The molecule has 118 valence electrons. The number of nitrogens with one attached hydrogen (secondary N) is 1. The number of rotatable bonds is 4. The van der Waals surface area contributed by atoms with Gasteiger partial charge in [-0.2, -0.15) is 5.26 Å². The molecule has 1 aromatic carbocycles. The quantitative estimate of drug-likeness (QED) is 0.939. The zero-order chi connectivity index (χ0) is 16.1. The molecule has 0 amide bonds. The first-order chi connectivity index (χ1) is 11.3. The second-order valence-electron chi connectivity index (χ2n) is 5.85. The number of aromatic nitrogens is 2. The van der Waals surface area contributed by atoms with Crippen LogP contribution in [0.4, 0.5) is 5.82 Å². The van der Waals surface area contributed by atoms with Crippen molar-refractivity contribution in [3.8, 4) is 6.07 Å². The number of anilines is 1. The predicted molar refractivity (Wildman–Crippen MR) is 87.8 cm³/mol. The fraction of sp³-hybridized carbons (Fsp3) is 0.389. The lowest BCUT2D eigenvalue weighted by molar-refractivity contribution is -0.0238. The number of ether oxygens (including phenoxy) is 1. The van der Waals surface area contributed by atoms with Crippen molar-refractivity contribution >= 4 is 5.82 Å². The normalized spacial score (nSPS) is 20.7. The van der Waals surface area contributed by atoms with Crippen molar-refractivity contribution in [2.24, 2.45) is 5.92 Å². The third-order valence-electron chi connectivity index (χ3n) is 4.19. The summed E-state index contributed by atoms with van der Waals surface area (Å²) in [6.07, 6.45) is 5.35. The molecule has 5 heteroatoms. The summed E-state index contributed by atoms with van der Waals surface area (Å²) < 4.78 is 6.02. The maximum atomic E-state index is 9.09. The van der Waals surface area contributed by atoms with Gasteiger partial charge in [-0.1, -0.05) is 29.8 Å². The van der Waals surface area contributed by atoms with Crippen molar-refractivity contribution in [3.05, 3.63) is 53.5 Å². The molecular weight excluding hydrogens is 288 g/mol. The molecule has 1 aromatic heterocycles. The van der Waals surface area contributed by atoms with Gasteiger partial charge in [-0.3, -0.25) is 0 Å². The molecular formula is C18H20N4O. The molecule has 2 aromatic rings. The van der Waals surface area contributed by atoms with Crippen LogP contribution < -0.4 is 5.32 Å². The first kappa shape index (κ1) is 15.4. The molecule has 5 nitrogen and oxygen atoms in total. The van der Waals surface area contributed by atoms with Crippen LogP contribution in [0.5, 0.6) is 0 Å². The molecule has 0 bridgehead atoms. The topological polar surface area (TPSA) is 70.8 Å². The lowest BCUT2D eigenvalue weighted by Gasteiger charge is -2.32. The van der Waals surface area contributed by atoms with Crippen LogP contribution in [0, 0.1) is 24.2 Å². The van der Waals surface area contributed by atoms with E-state index in [2.05, 4.69) is 52.5 Å². The fourth-order valence-electron chi connectivity index (χ4n) is 2.95. The standard InChI is InChI=1S/C18H20N4O/c1-13-4-6-14(7-5-13)17-15(3-2-10-23-17)12-22-18-16(11-19)20-8-9-21-18/h4-9,15,17H,2-3,10,12H2,1H3,(H,21,22)/t15-,17+/m1/s1. The third-order valence-corrected chi connectivity index (χ3v) is 4.19. The zero-order valence-corrected chi connectivity index (χ0v) is 13.2. The van der Waals surface area contributed by atoms with Crippen LogP contribution in [-0.2, 0) is 4.74 Å². The van der Waals surface area contributed by atoms with Crippen molar-refractivity contribution in [3.63, 3.8) is 0 Å². The van der Waals surface area contributed by atoms with E-state index >= 15 is 0 Å². The molecule has 1 aliphatic rings. The van der Waals surface area contributed by atoms with Gasteiger partial charge in [0.25, 0.3) is 0 Å². The molecule has 0 unspecified atom stereocenters. The third kappa shape index (κ3) is 3.66. The first-order valence-electron chi connectivity index (χ1n) is 7.91. The van der Waals surface area contributed by atoms with Crippen LogP contribution in [0.2, 0.25) is 0 Å². The van der Waals surface area contributed by atoms with E-state index in [9.17, 15) is 0 Å². The van der Waals surface area contributed by atoms with Gasteiger partial charge < -0.3 is 10.1 Å². The summed E-state index contributed by atoms with van der Waals surface area (Å²) in [6.45, 7) is 3.59. The smallest absolute Gasteiger partial charge is 0.182 e. The number of nitriles is 1. The monoisotopic (exact) mass is 308 g/mol. The summed E-state index contributed by atoms with van der Waals surface area (Å²) in [4.78, 5) is 8.24. The van der Waals surface area contributed by atoms with Gasteiger partial charge >= 0.3 is 0 Å². The molecule has 2 atom stereocenters. The molecule has 1 saturated heterocycles. The van der Waals surface area contributed by atoms with Crippen LogP contribution in [0.25, 0.3) is 0 Å². The van der Waals surface area contributed by atoms with E-state index in [1.165, 1.54) is 17.3 Å². The van der Waals surface area contributed by atoms with Crippen LogP contribution in [0.3, 0.4) is 0 Å². The molecule has 0 aliphatic carbocycles. The minimum Gasteiger partial charge on any atom is -0.373 e. The Morgan fingerprint density at radius 1 is 1.26 bits per heavy atom. The van der Waals surface area contributed by atoms with E-state index in [1.807, 2.05) is 0 Å². The van der Waals surface area contributed by atoms with Crippen molar-refractivity contribution < 1.29 is 4.74 Å². The van der Waals surface area contributed by atoms with Gasteiger partial charge in [0.05, 0.1) is 6.10 Å². The van der Waals surface area contributed by atoms with Gasteiger partial charge in [0.15, 0.2) is 11.5 Å². The largest absolute Gasteiger partial charge is 0.373 e. The number of aryl methyl sites for hydroxylation is 1. The highest BCUT2D eigenvalue weighted by molar-refractivity contribution is 5.46. The van der Waals surface area contributed by atoms with E-state index in [1.54, 1.807) is 6.20 Å². The van der Waals surface area contributed by atoms with Gasteiger partial charge in [-0.05, 0) is 25.3 Å². The highest BCUT2D eigenvalue weighted by Gasteiger charge is 2.27. The van der Waals surface area contributed by atoms with Gasteiger partial charge in [-0.25, -0.2) is 9.97 Å². The van der Waals surface area contributed by atoms with Gasteiger partial charge in [-0.15, -0.1) is 0 Å². The minimum absolute atomic E-state index is 0.0825. The Labute approximate surface area is 136 Å². The number of hydrogen-bond donors (Lipinski definition) is 1. The number of nitrogens with zero attached hydrogens (tertiary/aromatic N) is 3. The Kier molecular flexibility index (Phi) is 4.84. The number of benzene rings is 1. The first-order valence-corrected chi connectivity index (χ1v) is 7.91. The van der Waals surface area contributed by atoms with Gasteiger partial charge in [0, 0.05) is 31.5 Å². The molecule has 1 N–H and O–H groups in total. The lowest BCUT2D eigenvalue weighted by atomic mass is 9.89. The average Bonchev–Trinajstić information content (AvgIpc) is 2.61. The van der Waals surface area contributed by atoms with E-state index in [0.29, 0.717) is 24.0 Å². The summed E-state index contributed by atoms with van der Waals surface area (Å²) in [6, 6.07) is 10.6.